The Kier molecular flexibility index (Phi) is 4.88. The zero-order chi connectivity index (χ0) is 14.5. The maximum atomic E-state index is 12.0. The van der Waals surface area contributed by atoms with Gasteiger partial charge in [0.1, 0.15) is 0 Å². The van der Waals surface area contributed by atoms with Gasteiger partial charge in [0.25, 0.3) is 0 Å². The van der Waals surface area contributed by atoms with Gasteiger partial charge in [-0.3, -0.25) is 15.2 Å². The quantitative estimate of drug-likeness (QED) is 0.873. The minimum atomic E-state index is -0.175. The van der Waals surface area contributed by atoms with E-state index >= 15 is 0 Å². The van der Waals surface area contributed by atoms with E-state index in [9.17, 15) is 4.79 Å². The molecule has 104 valence electrons. The van der Waals surface area contributed by atoms with E-state index in [4.69, 9.17) is 23.2 Å². The third kappa shape index (κ3) is 3.65. The molecule has 0 unspecified atom stereocenters. The summed E-state index contributed by atoms with van der Waals surface area (Å²) in [4.78, 5) is 12.0. The minimum Gasteiger partial charge on any atom is -0.289 e. The average molecular weight is 309 g/mol. The Morgan fingerprint density at radius 3 is 2.25 bits per heavy atom. The molecule has 2 aromatic carbocycles. The maximum Gasteiger partial charge on any atom is 0.243 e. The molecule has 0 heterocycles. The Bertz CT molecular complexity index is 582. The van der Waals surface area contributed by atoms with Crippen LogP contribution in [0.2, 0.25) is 10.0 Å². The average Bonchev–Trinajstić information content (AvgIpc) is 2.44. The van der Waals surface area contributed by atoms with Crippen LogP contribution >= 0.6 is 23.2 Å². The maximum absolute atomic E-state index is 12.0. The number of para-hydroxylation sites is 1. The Labute approximate surface area is 128 Å². The van der Waals surface area contributed by atoms with E-state index in [0.717, 1.165) is 5.69 Å². The van der Waals surface area contributed by atoms with Crippen LogP contribution in [0.1, 0.15) is 5.56 Å². The van der Waals surface area contributed by atoms with Crippen LogP contribution in [0, 0.1) is 0 Å². The molecule has 1 amide bonds. The van der Waals surface area contributed by atoms with Crippen molar-refractivity contribution >= 4 is 34.8 Å². The summed E-state index contributed by atoms with van der Waals surface area (Å²) in [5, 5.41) is 2.65. The van der Waals surface area contributed by atoms with Crippen LogP contribution in [0.5, 0.6) is 0 Å². The van der Waals surface area contributed by atoms with E-state index in [-0.39, 0.29) is 12.3 Å². The molecule has 0 saturated carbocycles. The summed E-state index contributed by atoms with van der Waals surface area (Å²) in [5.41, 5.74) is 4.30. The molecule has 2 rings (SSSR count). The normalized spacial score (nSPS) is 10.2. The lowest BCUT2D eigenvalue weighted by molar-refractivity contribution is -0.120. The lowest BCUT2D eigenvalue weighted by atomic mass is 10.1. The van der Waals surface area contributed by atoms with Crippen LogP contribution in [-0.4, -0.2) is 13.0 Å². The molecular formula is C15H14Cl2N2O. The Morgan fingerprint density at radius 1 is 1.05 bits per heavy atom. The summed E-state index contributed by atoms with van der Waals surface area (Å²) in [5.74, 6) is -0.175. The molecular weight excluding hydrogens is 295 g/mol. The molecule has 0 radical (unpaired) electrons. The Hall–Kier alpha value is -1.71. The van der Waals surface area contributed by atoms with Crippen molar-refractivity contribution in [3.63, 3.8) is 0 Å². The second kappa shape index (κ2) is 6.64. The predicted octanol–water partition coefficient (Wildman–Crippen LogP) is 3.70. The zero-order valence-corrected chi connectivity index (χ0v) is 12.4. The highest BCUT2D eigenvalue weighted by Crippen LogP contribution is 2.24. The number of hydrogen-bond acceptors (Lipinski definition) is 2. The summed E-state index contributed by atoms with van der Waals surface area (Å²) in [7, 11) is 1.78. The van der Waals surface area contributed by atoms with Crippen LogP contribution in [0.25, 0.3) is 0 Å². The molecule has 2 aromatic rings. The number of carbonyl (C=O) groups excluding carboxylic acids is 1. The van der Waals surface area contributed by atoms with Gasteiger partial charge in [-0.05, 0) is 29.8 Å². The summed E-state index contributed by atoms with van der Waals surface area (Å²) in [6.07, 6.45) is 0.135. The minimum absolute atomic E-state index is 0.135. The van der Waals surface area contributed by atoms with Crippen LogP contribution in [0.4, 0.5) is 5.69 Å². The molecule has 0 aromatic heterocycles. The van der Waals surface area contributed by atoms with Gasteiger partial charge in [-0.25, -0.2) is 0 Å². The molecule has 0 bridgehead atoms. The summed E-state index contributed by atoms with van der Waals surface area (Å²) >= 11 is 12.1. The third-order valence-electron chi connectivity index (χ3n) is 2.83. The third-order valence-corrected chi connectivity index (χ3v) is 3.54. The molecule has 20 heavy (non-hydrogen) atoms. The van der Waals surface area contributed by atoms with Crippen molar-refractivity contribution in [2.75, 3.05) is 12.1 Å². The van der Waals surface area contributed by atoms with Gasteiger partial charge in [0.05, 0.1) is 12.1 Å². The van der Waals surface area contributed by atoms with Gasteiger partial charge >= 0.3 is 0 Å². The van der Waals surface area contributed by atoms with E-state index in [1.165, 1.54) is 0 Å². The molecule has 0 saturated heterocycles. The van der Waals surface area contributed by atoms with Gasteiger partial charge in [0.2, 0.25) is 5.91 Å². The molecule has 3 nitrogen and oxygen atoms in total. The van der Waals surface area contributed by atoms with Crippen molar-refractivity contribution in [2.24, 2.45) is 0 Å². The first-order valence-corrected chi connectivity index (χ1v) is 6.84. The fourth-order valence-corrected chi connectivity index (χ4v) is 2.34. The fraction of sp³-hybridized carbons (Fsp3) is 0.133. The number of nitrogens with zero attached hydrogens (tertiary/aromatic N) is 1. The molecule has 0 aliphatic rings. The highest BCUT2D eigenvalue weighted by molar-refractivity contribution is 6.36. The largest absolute Gasteiger partial charge is 0.289 e. The smallest absolute Gasteiger partial charge is 0.243 e. The number of hydrogen-bond donors (Lipinski definition) is 1. The lowest BCUT2D eigenvalue weighted by Crippen LogP contribution is -2.40. The molecule has 0 aliphatic heterocycles. The van der Waals surface area contributed by atoms with Crippen molar-refractivity contribution in [3.05, 3.63) is 64.1 Å². The second-order valence-electron chi connectivity index (χ2n) is 4.31. The number of benzene rings is 2. The predicted molar refractivity (Wildman–Crippen MR) is 83.2 cm³/mol. The van der Waals surface area contributed by atoms with E-state index in [1.54, 1.807) is 30.3 Å². The zero-order valence-electron chi connectivity index (χ0n) is 10.9. The van der Waals surface area contributed by atoms with Crippen LogP contribution in [0.3, 0.4) is 0 Å². The molecule has 0 spiro atoms. The first-order valence-electron chi connectivity index (χ1n) is 6.09. The van der Waals surface area contributed by atoms with Gasteiger partial charge in [-0.15, -0.1) is 0 Å². The van der Waals surface area contributed by atoms with Gasteiger partial charge in [-0.2, -0.15) is 0 Å². The molecule has 0 fully saturated rings. The van der Waals surface area contributed by atoms with Crippen LogP contribution in [0.15, 0.2) is 48.5 Å². The first kappa shape index (κ1) is 14.7. The first-order chi connectivity index (χ1) is 9.58. The number of rotatable bonds is 4. The van der Waals surface area contributed by atoms with Crippen LogP contribution in [-0.2, 0) is 11.2 Å². The SMILES string of the molecule is CN(NC(=O)Cc1c(Cl)cccc1Cl)c1ccccc1. The van der Waals surface area contributed by atoms with Crippen LogP contribution < -0.4 is 10.4 Å². The summed E-state index contributed by atoms with van der Waals surface area (Å²) < 4.78 is 0. The number of nitrogens with one attached hydrogen (secondary N) is 1. The van der Waals surface area contributed by atoms with Gasteiger partial charge in [-0.1, -0.05) is 47.5 Å². The Balaban J connectivity index is 2.03. The number of carbonyl (C=O) groups is 1. The van der Waals surface area contributed by atoms with Crippen molar-refractivity contribution in [2.45, 2.75) is 6.42 Å². The molecule has 5 heteroatoms. The Morgan fingerprint density at radius 2 is 1.65 bits per heavy atom. The number of halogens is 2. The van der Waals surface area contributed by atoms with Gasteiger partial charge < -0.3 is 0 Å². The van der Waals surface area contributed by atoms with Crippen molar-refractivity contribution in [3.8, 4) is 0 Å². The van der Waals surface area contributed by atoms with E-state index in [0.29, 0.717) is 15.6 Å². The second-order valence-corrected chi connectivity index (χ2v) is 5.12. The topological polar surface area (TPSA) is 32.3 Å². The van der Waals surface area contributed by atoms with Crippen molar-refractivity contribution in [1.82, 2.24) is 5.43 Å². The lowest BCUT2D eigenvalue weighted by Gasteiger charge is -2.20. The molecule has 1 N–H and O–H groups in total. The number of anilines is 1. The summed E-state index contributed by atoms with van der Waals surface area (Å²) in [6, 6.07) is 14.7. The van der Waals surface area contributed by atoms with E-state index < -0.39 is 0 Å². The molecule has 0 aliphatic carbocycles. The highest BCUT2D eigenvalue weighted by Gasteiger charge is 2.12. The van der Waals surface area contributed by atoms with Gasteiger partial charge in [0, 0.05) is 17.1 Å². The number of amides is 1. The van der Waals surface area contributed by atoms with E-state index in [2.05, 4.69) is 5.43 Å². The van der Waals surface area contributed by atoms with Crippen molar-refractivity contribution in [1.29, 1.82) is 0 Å². The monoisotopic (exact) mass is 308 g/mol. The molecule has 0 atom stereocenters. The van der Waals surface area contributed by atoms with E-state index in [1.807, 2.05) is 30.3 Å². The number of hydrazine groups is 1. The summed E-state index contributed by atoms with van der Waals surface area (Å²) in [6.45, 7) is 0. The highest BCUT2D eigenvalue weighted by atomic mass is 35.5. The van der Waals surface area contributed by atoms with Crippen molar-refractivity contribution < 1.29 is 4.79 Å². The van der Waals surface area contributed by atoms with Gasteiger partial charge in [0.15, 0.2) is 0 Å². The fourth-order valence-electron chi connectivity index (χ4n) is 1.80. The standard InChI is InChI=1S/C15H14Cl2N2O/c1-19(11-6-3-2-4-7-11)18-15(20)10-12-13(16)8-5-9-14(12)17/h2-9H,10H2,1H3,(H,18,20).